The molecule has 0 amide bonds. The fourth-order valence-corrected chi connectivity index (χ4v) is 9.21. The van der Waals surface area contributed by atoms with Crippen molar-refractivity contribution in [2.75, 3.05) is 0 Å². The lowest BCUT2D eigenvalue weighted by molar-refractivity contribution is 1.07. The number of thiophene rings is 1. The van der Waals surface area contributed by atoms with Crippen molar-refractivity contribution < 1.29 is 0 Å². The molecule has 0 aliphatic heterocycles. The summed E-state index contributed by atoms with van der Waals surface area (Å²) in [6.07, 6.45) is 1.93. The summed E-state index contributed by atoms with van der Waals surface area (Å²) >= 11 is 1.79. The van der Waals surface area contributed by atoms with E-state index in [-0.39, 0.29) is 0 Å². The van der Waals surface area contributed by atoms with E-state index in [9.17, 15) is 0 Å². The fraction of sp³-hybridized carbons (Fsp3) is 0. The van der Waals surface area contributed by atoms with Gasteiger partial charge in [-0.05, 0) is 91.8 Å². The van der Waals surface area contributed by atoms with Gasteiger partial charge in [-0.1, -0.05) is 146 Å². The van der Waals surface area contributed by atoms with Gasteiger partial charge in [-0.15, -0.1) is 11.3 Å². The maximum Gasteiger partial charge on any atom is 0.164 e. The molecule has 11 aromatic rings. The Morgan fingerprint density at radius 3 is 1.67 bits per heavy atom. The van der Waals surface area contributed by atoms with Gasteiger partial charge in [0, 0.05) is 38.5 Å². The number of aromatic nitrogens is 4. The molecule has 0 atom stereocenters. The molecule has 0 radical (unpaired) electrons. The summed E-state index contributed by atoms with van der Waals surface area (Å²) in [6.45, 7) is 0. The van der Waals surface area contributed by atoms with Gasteiger partial charge in [-0.25, -0.2) is 15.0 Å². The molecule has 0 bridgehead atoms. The van der Waals surface area contributed by atoms with Crippen LogP contribution in [0.4, 0.5) is 0 Å². The van der Waals surface area contributed by atoms with E-state index < -0.39 is 0 Å². The van der Waals surface area contributed by atoms with Gasteiger partial charge >= 0.3 is 0 Å². The summed E-state index contributed by atoms with van der Waals surface area (Å²) in [7, 11) is 0. The summed E-state index contributed by atoms with van der Waals surface area (Å²) in [5.74, 6) is 1.86. The van der Waals surface area contributed by atoms with Crippen LogP contribution in [0, 0.1) is 0 Å². The lowest BCUT2D eigenvalue weighted by Gasteiger charge is -2.15. The normalized spacial score (nSPS) is 11.5. The van der Waals surface area contributed by atoms with E-state index >= 15 is 0 Å². The Morgan fingerprint density at radius 2 is 0.877 bits per heavy atom. The molecular weight excluding hydrogens is 713 g/mol. The van der Waals surface area contributed by atoms with E-state index in [1.807, 2.05) is 30.5 Å². The highest BCUT2D eigenvalue weighted by atomic mass is 32.1. The molecule has 0 aliphatic rings. The number of benzene rings is 8. The molecule has 3 aromatic heterocycles. The molecule has 0 aliphatic carbocycles. The zero-order valence-corrected chi connectivity index (χ0v) is 31.5. The molecular formula is C52H32N4S. The second-order valence-corrected chi connectivity index (χ2v) is 15.3. The molecule has 266 valence electrons. The van der Waals surface area contributed by atoms with Crippen molar-refractivity contribution in [1.82, 2.24) is 19.9 Å². The van der Waals surface area contributed by atoms with Gasteiger partial charge in [0.25, 0.3) is 0 Å². The van der Waals surface area contributed by atoms with Crippen LogP contribution in [-0.2, 0) is 0 Å². The van der Waals surface area contributed by atoms with Crippen molar-refractivity contribution in [3.05, 3.63) is 194 Å². The van der Waals surface area contributed by atoms with Gasteiger partial charge in [-0.2, -0.15) is 0 Å². The van der Waals surface area contributed by atoms with Gasteiger partial charge in [-0.3, -0.25) is 4.98 Å². The first kappa shape index (κ1) is 33.0. The summed E-state index contributed by atoms with van der Waals surface area (Å²) < 4.78 is 2.38. The van der Waals surface area contributed by atoms with Crippen LogP contribution >= 0.6 is 11.3 Å². The summed E-state index contributed by atoms with van der Waals surface area (Å²) in [5.41, 5.74) is 10.5. The molecule has 4 nitrogen and oxygen atoms in total. The first-order valence-electron chi connectivity index (χ1n) is 19.0. The molecule has 5 heteroatoms. The van der Waals surface area contributed by atoms with E-state index in [2.05, 4.69) is 164 Å². The van der Waals surface area contributed by atoms with Crippen molar-refractivity contribution in [3.63, 3.8) is 0 Å². The highest BCUT2D eigenvalue weighted by molar-refractivity contribution is 7.26. The van der Waals surface area contributed by atoms with Crippen molar-refractivity contribution in [2.24, 2.45) is 0 Å². The summed E-state index contributed by atoms with van der Waals surface area (Å²) in [4.78, 5) is 20.5. The summed E-state index contributed by atoms with van der Waals surface area (Å²) in [6, 6.07) is 66.2. The third kappa shape index (κ3) is 5.93. The van der Waals surface area contributed by atoms with Crippen molar-refractivity contribution in [1.29, 1.82) is 0 Å². The van der Waals surface area contributed by atoms with Gasteiger partial charge in [0.1, 0.15) is 0 Å². The highest BCUT2D eigenvalue weighted by Gasteiger charge is 2.19. The minimum atomic E-state index is 0.610. The fourth-order valence-electron chi connectivity index (χ4n) is 8.01. The van der Waals surface area contributed by atoms with Crippen LogP contribution in [0.3, 0.4) is 0 Å². The zero-order chi connectivity index (χ0) is 37.7. The van der Waals surface area contributed by atoms with Gasteiger partial charge in [0.15, 0.2) is 17.5 Å². The molecule has 57 heavy (non-hydrogen) atoms. The van der Waals surface area contributed by atoms with Crippen molar-refractivity contribution >= 4 is 53.2 Å². The smallest absolute Gasteiger partial charge is 0.164 e. The van der Waals surface area contributed by atoms with Gasteiger partial charge < -0.3 is 0 Å². The first-order chi connectivity index (χ1) is 28.2. The average molecular weight is 745 g/mol. The monoisotopic (exact) mass is 744 g/mol. The Balaban J connectivity index is 1.18. The SMILES string of the molecule is c1ccc(-c2cccc(-c3nc(-c4ccccc4)nc(-c4cc(-c5cc6ccccc6c6ccccc56)cc(-c5ccnc6c5sc5ccccc56)c4)n3)c2)cc1. The Hall–Kier alpha value is -7.34. The predicted molar refractivity (Wildman–Crippen MR) is 238 cm³/mol. The van der Waals surface area contributed by atoms with Gasteiger partial charge in [0.05, 0.1) is 10.2 Å². The van der Waals surface area contributed by atoms with Crippen LogP contribution in [-0.4, -0.2) is 19.9 Å². The van der Waals surface area contributed by atoms with Crippen LogP contribution < -0.4 is 0 Å². The number of pyridine rings is 1. The van der Waals surface area contributed by atoms with Crippen LogP contribution in [0.5, 0.6) is 0 Å². The second kappa shape index (κ2) is 13.7. The minimum absolute atomic E-state index is 0.610. The first-order valence-corrected chi connectivity index (χ1v) is 19.9. The number of rotatable bonds is 6. The van der Waals surface area contributed by atoms with Crippen molar-refractivity contribution in [3.8, 4) is 67.5 Å². The highest BCUT2D eigenvalue weighted by Crippen LogP contribution is 2.43. The Bertz CT molecular complexity index is 3300. The third-order valence-corrected chi connectivity index (χ3v) is 11.9. The molecule has 0 saturated heterocycles. The number of hydrogen-bond acceptors (Lipinski definition) is 5. The minimum Gasteiger partial charge on any atom is -0.255 e. The standard InChI is InChI=1S/C52H32N4S/c1-3-14-33(15-4-1)35-19-13-20-37(28-35)51-54-50(34-16-5-2-6-17-34)55-52(56-51)40-30-38(42-26-27-53-48-45-24-11-12-25-47(45)57-49(42)48)29-39(31-40)46-32-36-18-7-8-21-41(36)43-22-9-10-23-44(43)46/h1-32H. The van der Waals surface area contributed by atoms with E-state index in [1.54, 1.807) is 11.3 Å². The molecule has 0 saturated carbocycles. The maximum atomic E-state index is 5.28. The van der Waals surface area contributed by atoms with E-state index in [0.29, 0.717) is 17.5 Å². The van der Waals surface area contributed by atoms with Gasteiger partial charge in [0.2, 0.25) is 0 Å². The van der Waals surface area contributed by atoms with E-state index in [4.69, 9.17) is 19.9 Å². The largest absolute Gasteiger partial charge is 0.255 e. The molecule has 0 unspecified atom stereocenters. The third-order valence-electron chi connectivity index (χ3n) is 10.7. The lowest BCUT2D eigenvalue weighted by Crippen LogP contribution is -2.01. The lowest BCUT2D eigenvalue weighted by atomic mass is 9.90. The summed E-state index contributed by atoms with van der Waals surface area (Å²) in [5, 5.41) is 6.02. The Labute approximate surface area is 333 Å². The molecule has 0 fully saturated rings. The molecule has 0 spiro atoms. The Kier molecular flexibility index (Phi) is 7.97. The van der Waals surface area contributed by atoms with Crippen LogP contribution in [0.25, 0.3) is 109 Å². The van der Waals surface area contributed by atoms with Crippen LogP contribution in [0.2, 0.25) is 0 Å². The molecule has 11 rings (SSSR count). The van der Waals surface area contributed by atoms with E-state index in [1.165, 1.54) is 31.6 Å². The van der Waals surface area contributed by atoms with Crippen LogP contribution in [0.1, 0.15) is 0 Å². The quantitative estimate of drug-likeness (QED) is 0.159. The average Bonchev–Trinajstić information content (AvgIpc) is 3.68. The Morgan fingerprint density at radius 1 is 0.333 bits per heavy atom. The zero-order valence-electron chi connectivity index (χ0n) is 30.7. The topological polar surface area (TPSA) is 51.6 Å². The molecule has 8 aromatic carbocycles. The number of fused-ring (bicyclic) bond motifs is 6. The maximum absolute atomic E-state index is 5.28. The second-order valence-electron chi connectivity index (χ2n) is 14.2. The van der Waals surface area contributed by atoms with Crippen molar-refractivity contribution in [2.45, 2.75) is 0 Å². The van der Waals surface area contributed by atoms with E-state index in [0.717, 1.165) is 60.3 Å². The predicted octanol–water partition coefficient (Wildman–Crippen LogP) is 13.9. The molecule has 3 heterocycles. The van der Waals surface area contributed by atoms with Crippen LogP contribution in [0.15, 0.2) is 194 Å². The molecule has 0 N–H and O–H groups in total. The number of hydrogen-bond donors (Lipinski definition) is 0. The number of nitrogens with zero attached hydrogens (tertiary/aromatic N) is 4.